The van der Waals surface area contributed by atoms with E-state index in [9.17, 15) is 19.8 Å². The Balaban J connectivity index is 3.36. The minimum Gasteiger partial charge on any atom is -0.466 e. The molecule has 0 saturated carbocycles. The molecular formula is C79H147NO5. The fourth-order valence-corrected chi connectivity index (χ4v) is 11.7. The minimum atomic E-state index is -0.842. The first-order chi connectivity index (χ1) is 42.0. The lowest BCUT2D eigenvalue weighted by atomic mass is 10.0. The number of allylic oxidation sites excluding steroid dienone is 9. The number of rotatable bonds is 71. The molecule has 6 nitrogen and oxygen atoms in total. The van der Waals surface area contributed by atoms with Gasteiger partial charge in [-0.1, -0.05) is 357 Å². The molecule has 0 fully saturated rings. The number of aliphatic hydroxyl groups is 2. The van der Waals surface area contributed by atoms with Crippen LogP contribution >= 0.6 is 0 Å². The van der Waals surface area contributed by atoms with Crippen molar-refractivity contribution in [3.63, 3.8) is 0 Å². The van der Waals surface area contributed by atoms with Crippen LogP contribution in [0, 0.1) is 0 Å². The molecule has 0 rings (SSSR count). The second-order valence-corrected chi connectivity index (χ2v) is 26.0. The van der Waals surface area contributed by atoms with Gasteiger partial charge in [-0.2, -0.15) is 0 Å². The van der Waals surface area contributed by atoms with Crippen molar-refractivity contribution in [2.24, 2.45) is 0 Å². The Kier molecular flexibility index (Phi) is 71.9. The summed E-state index contributed by atoms with van der Waals surface area (Å²) in [5.41, 5.74) is 0. The highest BCUT2D eigenvalue weighted by Crippen LogP contribution is 2.18. The fourth-order valence-electron chi connectivity index (χ4n) is 11.7. The molecule has 0 radical (unpaired) electrons. The van der Waals surface area contributed by atoms with Crippen molar-refractivity contribution in [3.05, 3.63) is 60.8 Å². The van der Waals surface area contributed by atoms with Crippen LogP contribution in [0.2, 0.25) is 0 Å². The molecule has 85 heavy (non-hydrogen) atoms. The van der Waals surface area contributed by atoms with Gasteiger partial charge < -0.3 is 20.3 Å². The standard InChI is InChI=1S/C79H147NO5/c1-3-5-7-9-11-13-15-17-44-49-53-57-61-65-69-73-79(84)85-74-70-66-62-58-54-50-46-43-41-39-37-35-33-31-29-27-25-23-21-19-20-22-24-26-28-30-32-34-36-38-40-42-45-48-52-56-60-64-68-72-78(83)80-76(75-81)77(82)71-67-63-59-55-51-47-18-16-14-12-10-8-6-4-2/h11,13,17,19-20,23,25,44,67,71,76-77,81-82H,3-10,12,14-16,18,21-22,24,26-43,45-66,68-70,72-75H2,1-2H3,(H,80,83)/b13-11-,20-19-,25-23-,44-17-,71-67+. The number of nitrogens with one attached hydrogen (secondary N) is 1. The van der Waals surface area contributed by atoms with Crippen LogP contribution < -0.4 is 5.32 Å². The van der Waals surface area contributed by atoms with E-state index in [-0.39, 0.29) is 18.5 Å². The highest BCUT2D eigenvalue weighted by atomic mass is 16.5. The number of amides is 1. The molecular weight excluding hydrogens is 1040 g/mol. The van der Waals surface area contributed by atoms with E-state index in [1.807, 2.05) is 6.08 Å². The minimum absolute atomic E-state index is 0.00604. The molecule has 0 aliphatic heterocycles. The molecule has 6 heteroatoms. The summed E-state index contributed by atoms with van der Waals surface area (Å²) >= 11 is 0. The van der Waals surface area contributed by atoms with E-state index in [0.29, 0.717) is 19.4 Å². The Hall–Kier alpha value is -2.44. The van der Waals surface area contributed by atoms with Crippen molar-refractivity contribution in [2.75, 3.05) is 13.2 Å². The van der Waals surface area contributed by atoms with E-state index in [0.717, 1.165) is 57.8 Å². The summed E-state index contributed by atoms with van der Waals surface area (Å²) in [6.45, 7) is 4.89. The molecule has 1 amide bonds. The van der Waals surface area contributed by atoms with E-state index < -0.39 is 12.1 Å². The molecule has 0 heterocycles. The lowest BCUT2D eigenvalue weighted by Gasteiger charge is -2.20. The maximum Gasteiger partial charge on any atom is 0.305 e. The summed E-state index contributed by atoms with van der Waals surface area (Å²) in [7, 11) is 0. The average Bonchev–Trinajstić information content (AvgIpc) is 3.52. The van der Waals surface area contributed by atoms with Gasteiger partial charge in [0.1, 0.15) is 0 Å². The number of esters is 1. The van der Waals surface area contributed by atoms with Gasteiger partial charge in [0.2, 0.25) is 5.91 Å². The van der Waals surface area contributed by atoms with Crippen LogP contribution in [0.15, 0.2) is 60.8 Å². The third kappa shape index (κ3) is 70.5. The van der Waals surface area contributed by atoms with Crippen LogP contribution in [0.4, 0.5) is 0 Å². The Bertz CT molecular complexity index is 1470. The van der Waals surface area contributed by atoms with Crippen LogP contribution in [0.3, 0.4) is 0 Å². The van der Waals surface area contributed by atoms with Crippen molar-refractivity contribution in [2.45, 2.75) is 418 Å². The van der Waals surface area contributed by atoms with Gasteiger partial charge in [-0.15, -0.1) is 0 Å². The molecule has 0 bridgehead atoms. The largest absolute Gasteiger partial charge is 0.466 e. The zero-order valence-electron chi connectivity index (χ0n) is 57.1. The van der Waals surface area contributed by atoms with Crippen LogP contribution in [0.5, 0.6) is 0 Å². The third-order valence-corrected chi connectivity index (χ3v) is 17.5. The highest BCUT2D eigenvalue weighted by molar-refractivity contribution is 5.76. The zero-order valence-corrected chi connectivity index (χ0v) is 57.1. The van der Waals surface area contributed by atoms with Crippen molar-refractivity contribution >= 4 is 11.9 Å². The Morgan fingerprint density at radius 3 is 0.918 bits per heavy atom. The number of carbonyl (C=O) groups is 2. The maximum absolute atomic E-state index is 12.5. The van der Waals surface area contributed by atoms with Gasteiger partial charge >= 0.3 is 5.97 Å². The Morgan fingerprint density at radius 1 is 0.329 bits per heavy atom. The maximum atomic E-state index is 12.5. The summed E-state index contributed by atoms with van der Waals surface area (Å²) in [5, 5.41) is 23.2. The smallest absolute Gasteiger partial charge is 0.305 e. The van der Waals surface area contributed by atoms with E-state index in [1.54, 1.807) is 6.08 Å². The summed E-state index contributed by atoms with van der Waals surface area (Å²) in [6.07, 6.45) is 99.1. The first-order valence-electron chi connectivity index (χ1n) is 38.1. The lowest BCUT2D eigenvalue weighted by molar-refractivity contribution is -0.143. The topological polar surface area (TPSA) is 95.9 Å². The van der Waals surface area contributed by atoms with Crippen LogP contribution in [0.25, 0.3) is 0 Å². The number of unbranched alkanes of at least 4 members (excludes halogenated alkanes) is 52. The predicted octanol–water partition coefficient (Wildman–Crippen LogP) is 25.0. The Morgan fingerprint density at radius 2 is 0.588 bits per heavy atom. The molecule has 0 spiro atoms. The molecule has 2 atom stereocenters. The predicted molar refractivity (Wildman–Crippen MR) is 375 cm³/mol. The quantitative estimate of drug-likeness (QED) is 0.0320. The van der Waals surface area contributed by atoms with Gasteiger partial charge in [-0.05, 0) is 96.3 Å². The molecule has 0 aromatic carbocycles. The molecule has 0 aliphatic rings. The van der Waals surface area contributed by atoms with Gasteiger partial charge in [0.25, 0.3) is 0 Å². The van der Waals surface area contributed by atoms with Crippen molar-refractivity contribution in [3.8, 4) is 0 Å². The van der Waals surface area contributed by atoms with Crippen molar-refractivity contribution in [1.82, 2.24) is 5.32 Å². The van der Waals surface area contributed by atoms with E-state index in [4.69, 9.17) is 4.74 Å². The van der Waals surface area contributed by atoms with Gasteiger partial charge in [0, 0.05) is 12.8 Å². The summed E-state index contributed by atoms with van der Waals surface area (Å²) in [5.74, 6) is -0.0574. The SMILES string of the molecule is CCCCC/C=C\C/C=C\CCCCCCCC(=O)OCCCCCCCCCCCCCCCCC/C=C\C/C=C\CCCCCCCCCCCCCCCCCCCC(=O)NC(CO)C(O)/C=C/CCCCCCCCCCCCCC. The fraction of sp³-hybridized carbons (Fsp3) is 0.848. The van der Waals surface area contributed by atoms with Gasteiger partial charge in [-0.3, -0.25) is 9.59 Å². The molecule has 0 aliphatic carbocycles. The molecule has 498 valence electrons. The number of aliphatic hydroxyl groups excluding tert-OH is 2. The highest BCUT2D eigenvalue weighted by Gasteiger charge is 2.18. The Labute approximate surface area is 530 Å². The number of carbonyl (C=O) groups excluding carboxylic acids is 2. The van der Waals surface area contributed by atoms with Gasteiger partial charge in [0.05, 0.1) is 25.4 Å². The van der Waals surface area contributed by atoms with E-state index >= 15 is 0 Å². The van der Waals surface area contributed by atoms with E-state index in [2.05, 4.69) is 67.8 Å². The summed E-state index contributed by atoms with van der Waals surface area (Å²) in [6, 6.07) is -0.626. The third-order valence-electron chi connectivity index (χ3n) is 17.5. The summed E-state index contributed by atoms with van der Waals surface area (Å²) < 4.78 is 5.49. The number of hydrogen-bond acceptors (Lipinski definition) is 5. The number of hydrogen-bond donors (Lipinski definition) is 3. The van der Waals surface area contributed by atoms with Gasteiger partial charge in [0.15, 0.2) is 0 Å². The molecule has 0 aromatic rings. The van der Waals surface area contributed by atoms with Crippen LogP contribution in [-0.2, 0) is 14.3 Å². The molecule has 2 unspecified atom stereocenters. The van der Waals surface area contributed by atoms with Gasteiger partial charge in [-0.25, -0.2) is 0 Å². The average molecular weight is 1190 g/mol. The van der Waals surface area contributed by atoms with E-state index in [1.165, 1.54) is 321 Å². The van der Waals surface area contributed by atoms with Crippen molar-refractivity contribution < 1.29 is 24.5 Å². The zero-order chi connectivity index (χ0) is 61.3. The monoisotopic (exact) mass is 1190 g/mol. The normalized spacial score (nSPS) is 12.8. The number of ether oxygens (including phenoxy) is 1. The second kappa shape index (κ2) is 74.0. The molecule has 3 N–H and O–H groups in total. The van der Waals surface area contributed by atoms with Crippen LogP contribution in [0.1, 0.15) is 406 Å². The molecule has 0 saturated heterocycles. The second-order valence-electron chi connectivity index (χ2n) is 26.0. The summed E-state index contributed by atoms with van der Waals surface area (Å²) in [4.78, 5) is 24.6. The van der Waals surface area contributed by atoms with Crippen molar-refractivity contribution in [1.29, 1.82) is 0 Å². The lowest BCUT2D eigenvalue weighted by Crippen LogP contribution is -2.45. The first kappa shape index (κ1) is 82.6. The van der Waals surface area contributed by atoms with Crippen LogP contribution in [-0.4, -0.2) is 47.4 Å². The molecule has 0 aromatic heterocycles. The first-order valence-corrected chi connectivity index (χ1v) is 38.1.